The second-order valence-electron chi connectivity index (χ2n) is 3.98. The maximum absolute atomic E-state index is 12.2. The largest absolute Gasteiger partial charge is 0.294 e. The quantitative estimate of drug-likeness (QED) is 0.717. The number of Topliss-reactive ketones (excluding diaryl/α,β-unsaturated/α-hetero) is 2. The Morgan fingerprint density at radius 2 is 1.44 bits per heavy atom. The topological polar surface area (TPSA) is 34.1 Å². The fourth-order valence-electron chi connectivity index (χ4n) is 1.88. The fourth-order valence-corrected chi connectivity index (χ4v) is 1.88. The molecule has 0 N–H and O–H groups in total. The van der Waals surface area contributed by atoms with Gasteiger partial charge in [-0.1, -0.05) is 52.0 Å². The van der Waals surface area contributed by atoms with Crippen molar-refractivity contribution in [1.82, 2.24) is 0 Å². The predicted molar refractivity (Wildman–Crippen MR) is 76.2 cm³/mol. The van der Waals surface area contributed by atoms with Crippen LogP contribution in [0, 0.1) is 5.92 Å². The summed E-state index contributed by atoms with van der Waals surface area (Å²) in [6.45, 7) is 9.50. The van der Waals surface area contributed by atoms with Gasteiger partial charge in [-0.15, -0.1) is 0 Å². The minimum absolute atomic E-state index is 0.0282. The molecule has 100 valence electrons. The summed E-state index contributed by atoms with van der Waals surface area (Å²) in [6, 6.07) is 7.07. The van der Waals surface area contributed by atoms with E-state index in [1.165, 1.54) is 6.92 Å². The van der Waals surface area contributed by atoms with Crippen molar-refractivity contribution in [2.45, 2.75) is 47.5 Å². The molecule has 0 radical (unpaired) electrons. The highest BCUT2D eigenvalue weighted by molar-refractivity contribution is 6.08. The molecule has 0 saturated heterocycles. The summed E-state index contributed by atoms with van der Waals surface area (Å²) in [6.07, 6.45) is 1.64. The van der Waals surface area contributed by atoms with Crippen LogP contribution in [0.15, 0.2) is 24.3 Å². The van der Waals surface area contributed by atoms with Gasteiger partial charge in [0.2, 0.25) is 0 Å². The van der Waals surface area contributed by atoms with Gasteiger partial charge in [0, 0.05) is 17.0 Å². The SMILES string of the molecule is CC.CCC(CC)C(=O)c1ccccc1C(C)=O. The summed E-state index contributed by atoms with van der Waals surface area (Å²) >= 11 is 0. The van der Waals surface area contributed by atoms with Gasteiger partial charge in [0.05, 0.1) is 0 Å². The molecule has 0 unspecified atom stereocenters. The van der Waals surface area contributed by atoms with E-state index < -0.39 is 0 Å². The first kappa shape index (κ1) is 16.6. The van der Waals surface area contributed by atoms with Crippen LogP contribution in [0.1, 0.15) is 68.2 Å². The van der Waals surface area contributed by atoms with Gasteiger partial charge in [0.1, 0.15) is 0 Å². The fraction of sp³-hybridized carbons (Fsp3) is 0.500. The predicted octanol–water partition coefficient (Wildman–Crippen LogP) is 4.53. The molecule has 0 heterocycles. The van der Waals surface area contributed by atoms with Gasteiger partial charge in [-0.05, 0) is 19.8 Å². The number of benzene rings is 1. The molecule has 0 saturated carbocycles. The minimum atomic E-state index is -0.0464. The average molecular weight is 248 g/mol. The van der Waals surface area contributed by atoms with Gasteiger partial charge < -0.3 is 0 Å². The lowest BCUT2D eigenvalue weighted by Gasteiger charge is -2.13. The molecule has 0 aliphatic carbocycles. The lowest BCUT2D eigenvalue weighted by atomic mass is 9.89. The summed E-state index contributed by atoms with van der Waals surface area (Å²) in [5.74, 6) is 0.0752. The maximum Gasteiger partial charge on any atom is 0.166 e. The van der Waals surface area contributed by atoms with Crippen molar-refractivity contribution in [1.29, 1.82) is 0 Å². The summed E-state index contributed by atoms with van der Waals surface area (Å²) in [5.41, 5.74) is 1.11. The third-order valence-corrected chi connectivity index (χ3v) is 2.93. The van der Waals surface area contributed by atoms with Crippen molar-refractivity contribution in [3.05, 3.63) is 35.4 Å². The number of hydrogen-bond acceptors (Lipinski definition) is 2. The first-order valence-corrected chi connectivity index (χ1v) is 6.75. The number of carbonyl (C=O) groups is 2. The third kappa shape index (κ3) is 4.10. The molecule has 2 nitrogen and oxygen atoms in total. The first-order chi connectivity index (χ1) is 8.61. The van der Waals surface area contributed by atoms with Crippen molar-refractivity contribution >= 4 is 11.6 Å². The van der Waals surface area contributed by atoms with Crippen LogP contribution in [0.5, 0.6) is 0 Å². The standard InChI is InChI=1S/C14H18O2.C2H6/c1-4-11(5-2)14(16)13-9-7-6-8-12(13)10(3)15;1-2/h6-9,11H,4-5H2,1-3H3;1-2H3. The Hall–Kier alpha value is -1.44. The van der Waals surface area contributed by atoms with Crippen LogP contribution in [0.3, 0.4) is 0 Å². The van der Waals surface area contributed by atoms with Crippen molar-refractivity contribution in [3.8, 4) is 0 Å². The molecule has 0 spiro atoms. The second kappa shape index (κ2) is 8.62. The molecule has 0 atom stereocenters. The molecule has 18 heavy (non-hydrogen) atoms. The molecule has 2 heteroatoms. The number of ketones is 2. The Kier molecular flexibility index (Phi) is 7.93. The van der Waals surface area contributed by atoms with Crippen LogP contribution < -0.4 is 0 Å². The van der Waals surface area contributed by atoms with E-state index in [9.17, 15) is 9.59 Å². The Labute approximate surface area is 110 Å². The molecule has 1 rings (SSSR count). The van der Waals surface area contributed by atoms with Crippen molar-refractivity contribution in [2.24, 2.45) is 5.92 Å². The van der Waals surface area contributed by atoms with E-state index in [0.29, 0.717) is 11.1 Å². The highest BCUT2D eigenvalue weighted by Crippen LogP contribution is 2.19. The molecule has 1 aromatic rings. The van der Waals surface area contributed by atoms with Crippen molar-refractivity contribution < 1.29 is 9.59 Å². The summed E-state index contributed by atoms with van der Waals surface area (Å²) in [4.78, 5) is 23.6. The van der Waals surface area contributed by atoms with Crippen LogP contribution in [0.4, 0.5) is 0 Å². The Morgan fingerprint density at radius 1 is 1.00 bits per heavy atom. The van der Waals surface area contributed by atoms with Crippen LogP contribution in [-0.2, 0) is 0 Å². The lowest BCUT2D eigenvalue weighted by molar-refractivity contribution is 0.0903. The van der Waals surface area contributed by atoms with E-state index in [1.807, 2.05) is 33.8 Å². The van der Waals surface area contributed by atoms with Crippen LogP contribution in [-0.4, -0.2) is 11.6 Å². The van der Waals surface area contributed by atoms with Gasteiger partial charge in [-0.2, -0.15) is 0 Å². The van der Waals surface area contributed by atoms with E-state index >= 15 is 0 Å². The normalized spacial score (nSPS) is 9.67. The molecule has 0 aliphatic heterocycles. The van der Waals surface area contributed by atoms with Gasteiger partial charge in [0.15, 0.2) is 11.6 Å². The van der Waals surface area contributed by atoms with Gasteiger partial charge >= 0.3 is 0 Å². The summed E-state index contributed by atoms with van der Waals surface area (Å²) < 4.78 is 0. The Bertz CT molecular complexity index is 390. The van der Waals surface area contributed by atoms with Gasteiger partial charge in [-0.3, -0.25) is 9.59 Å². The maximum atomic E-state index is 12.2. The zero-order valence-electron chi connectivity index (χ0n) is 12.1. The molecule has 1 aromatic carbocycles. The van der Waals surface area contributed by atoms with E-state index in [0.717, 1.165) is 12.8 Å². The molecule has 0 aromatic heterocycles. The van der Waals surface area contributed by atoms with E-state index in [-0.39, 0.29) is 17.5 Å². The smallest absolute Gasteiger partial charge is 0.166 e. The Morgan fingerprint density at radius 3 is 1.83 bits per heavy atom. The summed E-state index contributed by atoms with van der Waals surface area (Å²) in [7, 11) is 0. The molecule has 0 fully saturated rings. The van der Waals surface area contributed by atoms with Crippen LogP contribution >= 0.6 is 0 Å². The molecule has 0 bridgehead atoms. The zero-order chi connectivity index (χ0) is 14.1. The molecule has 0 aliphatic rings. The van der Waals surface area contributed by atoms with E-state index in [2.05, 4.69) is 0 Å². The Balaban J connectivity index is 0.00000137. The van der Waals surface area contributed by atoms with E-state index in [4.69, 9.17) is 0 Å². The van der Waals surface area contributed by atoms with Crippen LogP contribution in [0.25, 0.3) is 0 Å². The molecular weight excluding hydrogens is 224 g/mol. The molecular formula is C16H24O2. The van der Waals surface area contributed by atoms with E-state index in [1.54, 1.807) is 18.2 Å². The number of carbonyl (C=O) groups excluding carboxylic acids is 2. The van der Waals surface area contributed by atoms with Crippen molar-refractivity contribution in [3.63, 3.8) is 0 Å². The van der Waals surface area contributed by atoms with Gasteiger partial charge in [0.25, 0.3) is 0 Å². The highest BCUT2D eigenvalue weighted by Gasteiger charge is 2.20. The molecule has 0 amide bonds. The number of hydrogen-bond donors (Lipinski definition) is 0. The minimum Gasteiger partial charge on any atom is -0.294 e. The van der Waals surface area contributed by atoms with Crippen molar-refractivity contribution in [2.75, 3.05) is 0 Å². The lowest BCUT2D eigenvalue weighted by Crippen LogP contribution is -2.16. The number of rotatable bonds is 5. The second-order valence-corrected chi connectivity index (χ2v) is 3.98. The first-order valence-electron chi connectivity index (χ1n) is 6.75. The highest BCUT2D eigenvalue weighted by atomic mass is 16.1. The monoisotopic (exact) mass is 248 g/mol. The van der Waals surface area contributed by atoms with Gasteiger partial charge in [-0.25, -0.2) is 0 Å². The van der Waals surface area contributed by atoms with Crippen LogP contribution in [0.2, 0.25) is 0 Å². The average Bonchev–Trinajstić information content (AvgIpc) is 2.42. The zero-order valence-corrected chi connectivity index (χ0v) is 12.1. The summed E-state index contributed by atoms with van der Waals surface area (Å²) in [5, 5.41) is 0. The third-order valence-electron chi connectivity index (χ3n) is 2.93.